The highest BCUT2D eigenvalue weighted by Gasteiger charge is 2.34. The molecule has 2 aromatic rings. The smallest absolute Gasteiger partial charge is 0.246 e. The van der Waals surface area contributed by atoms with Gasteiger partial charge in [-0.1, -0.05) is 5.16 Å². The predicted octanol–water partition coefficient (Wildman–Crippen LogP) is 3.16. The van der Waals surface area contributed by atoms with Crippen molar-refractivity contribution < 1.29 is 9.26 Å². The molecule has 1 atom stereocenters. The van der Waals surface area contributed by atoms with Crippen molar-refractivity contribution in [1.29, 1.82) is 0 Å². The number of hydrogen-bond donors (Lipinski definition) is 1. The summed E-state index contributed by atoms with van der Waals surface area (Å²) in [4.78, 5) is 4.55. The molecule has 0 aliphatic carbocycles. The molecule has 1 aliphatic rings. The van der Waals surface area contributed by atoms with E-state index in [2.05, 4.69) is 22.4 Å². The molecule has 1 fully saturated rings. The largest absolute Gasteiger partial charge is 0.497 e. The molecule has 1 unspecified atom stereocenters. The Balaban J connectivity index is 0.00000161. The molecular weight excluding hydrogens is 290 g/mol. The zero-order valence-corrected chi connectivity index (χ0v) is 13.1. The number of benzene rings is 1. The van der Waals surface area contributed by atoms with Gasteiger partial charge in [-0.15, -0.1) is 12.4 Å². The second-order valence-corrected chi connectivity index (χ2v) is 5.37. The van der Waals surface area contributed by atoms with Gasteiger partial charge in [-0.2, -0.15) is 4.98 Å². The molecule has 1 N–H and O–H groups in total. The monoisotopic (exact) mass is 309 g/mol. The predicted molar refractivity (Wildman–Crippen MR) is 82.7 cm³/mol. The van der Waals surface area contributed by atoms with Gasteiger partial charge >= 0.3 is 0 Å². The molecule has 0 saturated carbocycles. The summed E-state index contributed by atoms with van der Waals surface area (Å²) in [6.45, 7) is 3.12. The van der Waals surface area contributed by atoms with Gasteiger partial charge in [0.2, 0.25) is 11.7 Å². The van der Waals surface area contributed by atoms with Crippen LogP contribution in [0.5, 0.6) is 5.75 Å². The fourth-order valence-corrected chi connectivity index (χ4v) is 2.54. The minimum absolute atomic E-state index is 0. The second kappa shape index (κ2) is 6.45. The first kappa shape index (κ1) is 15.8. The van der Waals surface area contributed by atoms with E-state index in [-0.39, 0.29) is 17.9 Å². The molecule has 1 aromatic heterocycles. The first-order chi connectivity index (χ1) is 9.71. The number of nitrogens with one attached hydrogen (secondary N) is 1. The first-order valence-electron chi connectivity index (χ1n) is 6.95. The van der Waals surface area contributed by atoms with Gasteiger partial charge in [0.25, 0.3) is 0 Å². The van der Waals surface area contributed by atoms with Crippen LogP contribution in [0.4, 0.5) is 0 Å². The number of ether oxygens (including phenoxy) is 1. The van der Waals surface area contributed by atoms with Crippen LogP contribution >= 0.6 is 12.4 Å². The molecule has 2 heterocycles. The Hall–Kier alpha value is -1.59. The third-order valence-corrected chi connectivity index (χ3v) is 3.86. The van der Waals surface area contributed by atoms with Gasteiger partial charge in [0.05, 0.1) is 12.6 Å². The molecule has 6 heteroatoms. The zero-order chi connectivity index (χ0) is 14.0. The van der Waals surface area contributed by atoms with Crippen LogP contribution in [0.25, 0.3) is 11.4 Å². The maximum Gasteiger partial charge on any atom is 0.246 e. The van der Waals surface area contributed by atoms with Crippen molar-refractivity contribution in [1.82, 2.24) is 15.5 Å². The van der Waals surface area contributed by atoms with Crippen molar-refractivity contribution in [3.63, 3.8) is 0 Å². The van der Waals surface area contributed by atoms with E-state index in [4.69, 9.17) is 9.26 Å². The number of nitrogens with zero attached hydrogens (tertiary/aromatic N) is 2. The molecular formula is C15H20ClN3O2. The molecule has 3 rings (SSSR count). The van der Waals surface area contributed by atoms with Gasteiger partial charge in [0.15, 0.2) is 0 Å². The average molecular weight is 310 g/mol. The Morgan fingerprint density at radius 3 is 2.62 bits per heavy atom. The lowest BCUT2D eigenvalue weighted by Crippen LogP contribution is -2.43. The summed E-state index contributed by atoms with van der Waals surface area (Å²) in [5.74, 6) is 2.11. The average Bonchev–Trinajstić information content (AvgIpc) is 2.99. The quantitative estimate of drug-likeness (QED) is 0.943. The van der Waals surface area contributed by atoms with E-state index in [1.807, 2.05) is 24.3 Å². The molecule has 5 nitrogen and oxygen atoms in total. The Bertz CT molecular complexity index is 577. The Labute approximate surface area is 130 Å². The minimum Gasteiger partial charge on any atom is -0.497 e. The standard InChI is InChI=1S/C15H19N3O2.ClH/c1-15(9-3-4-10-16-15)14-17-13(18-20-14)11-5-7-12(19-2)8-6-11;/h5-8,16H,3-4,9-10H2,1-2H3;1H. The highest BCUT2D eigenvalue weighted by molar-refractivity contribution is 5.85. The normalized spacial score (nSPS) is 21.6. The third-order valence-electron chi connectivity index (χ3n) is 3.86. The van der Waals surface area contributed by atoms with Crippen LogP contribution in [0.2, 0.25) is 0 Å². The third kappa shape index (κ3) is 3.19. The lowest BCUT2D eigenvalue weighted by atomic mass is 9.91. The van der Waals surface area contributed by atoms with Crippen molar-refractivity contribution in [3.8, 4) is 17.1 Å². The number of halogens is 1. The molecule has 0 spiro atoms. The van der Waals surface area contributed by atoms with Crippen LogP contribution in [0.1, 0.15) is 32.1 Å². The summed E-state index contributed by atoms with van der Waals surface area (Å²) in [5.41, 5.74) is 0.732. The fraction of sp³-hybridized carbons (Fsp3) is 0.467. The van der Waals surface area contributed by atoms with E-state index in [0.29, 0.717) is 11.7 Å². The van der Waals surface area contributed by atoms with Crippen molar-refractivity contribution in [2.24, 2.45) is 0 Å². The van der Waals surface area contributed by atoms with Crippen molar-refractivity contribution in [3.05, 3.63) is 30.2 Å². The summed E-state index contributed by atoms with van der Waals surface area (Å²) >= 11 is 0. The van der Waals surface area contributed by atoms with E-state index < -0.39 is 0 Å². The molecule has 21 heavy (non-hydrogen) atoms. The summed E-state index contributed by atoms with van der Waals surface area (Å²) in [6, 6.07) is 7.66. The van der Waals surface area contributed by atoms with Crippen LogP contribution < -0.4 is 10.1 Å². The number of rotatable bonds is 3. The summed E-state index contributed by atoms with van der Waals surface area (Å²) < 4.78 is 10.6. The number of hydrogen-bond acceptors (Lipinski definition) is 5. The maximum atomic E-state index is 5.46. The van der Waals surface area contributed by atoms with Crippen molar-refractivity contribution in [2.45, 2.75) is 31.7 Å². The van der Waals surface area contributed by atoms with E-state index in [1.165, 1.54) is 12.8 Å². The van der Waals surface area contributed by atoms with Gasteiger partial charge in [0.1, 0.15) is 5.75 Å². The zero-order valence-electron chi connectivity index (χ0n) is 12.3. The van der Waals surface area contributed by atoms with Crippen molar-refractivity contribution in [2.75, 3.05) is 13.7 Å². The molecule has 114 valence electrons. The van der Waals surface area contributed by atoms with Crippen LogP contribution in [-0.2, 0) is 5.54 Å². The van der Waals surface area contributed by atoms with Gasteiger partial charge in [-0.25, -0.2) is 0 Å². The Morgan fingerprint density at radius 1 is 1.24 bits per heavy atom. The van der Waals surface area contributed by atoms with Crippen LogP contribution in [0, 0.1) is 0 Å². The van der Waals surface area contributed by atoms with Crippen LogP contribution in [-0.4, -0.2) is 23.8 Å². The number of piperidine rings is 1. The topological polar surface area (TPSA) is 60.2 Å². The maximum absolute atomic E-state index is 5.46. The number of aromatic nitrogens is 2. The van der Waals surface area contributed by atoms with Gasteiger partial charge < -0.3 is 14.6 Å². The highest BCUT2D eigenvalue weighted by Crippen LogP contribution is 2.30. The van der Waals surface area contributed by atoms with E-state index in [9.17, 15) is 0 Å². The van der Waals surface area contributed by atoms with E-state index in [1.54, 1.807) is 7.11 Å². The summed E-state index contributed by atoms with van der Waals surface area (Å²) in [5, 5.41) is 7.57. The molecule has 1 saturated heterocycles. The van der Waals surface area contributed by atoms with Gasteiger partial charge in [-0.3, -0.25) is 0 Å². The van der Waals surface area contributed by atoms with Gasteiger partial charge in [-0.05, 0) is 57.0 Å². The fourth-order valence-electron chi connectivity index (χ4n) is 2.54. The summed E-state index contributed by atoms with van der Waals surface area (Å²) in [7, 11) is 1.65. The molecule has 1 aromatic carbocycles. The minimum atomic E-state index is -0.198. The molecule has 1 aliphatic heterocycles. The molecule has 0 radical (unpaired) electrons. The van der Waals surface area contributed by atoms with Crippen LogP contribution in [0.3, 0.4) is 0 Å². The van der Waals surface area contributed by atoms with Crippen LogP contribution in [0.15, 0.2) is 28.8 Å². The summed E-state index contributed by atoms with van der Waals surface area (Å²) in [6.07, 6.45) is 3.41. The lowest BCUT2D eigenvalue weighted by Gasteiger charge is -2.31. The first-order valence-corrected chi connectivity index (χ1v) is 6.95. The van der Waals surface area contributed by atoms with E-state index >= 15 is 0 Å². The lowest BCUT2D eigenvalue weighted by molar-refractivity contribution is 0.207. The van der Waals surface area contributed by atoms with Crippen molar-refractivity contribution >= 4 is 12.4 Å². The Kier molecular flexibility index (Phi) is 4.85. The second-order valence-electron chi connectivity index (χ2n) is 5.37. The highest BCUT2D eigenvalue weighted by atomic mass is 35.5. The molecule has 0 bridgehead atoms. The number of methoxy groups -OCH3 is 1. The van der Waals surface area contributed by atoms with Gasteiger partial charge in [0, 0.05) is 5.56 Å². The SMILES string of the molecule is COc1ccc(-c2noc(C3(C)CCCCN3)n2)cc1.Cl. The molecule has 0 amide bonds. The van der Waals surface area contributed by atoms with E-state index in [0.717, 1.165) is 24.3 Å². The Morgan fingerprint density at radius 2 is 2.00 bits per heavy atom.